The van der Waals surface area contributed by atoms with Crippen LogP contribution in [0, 0.1) is 11.6 Å². The molecule has 7 heteroatoms. The predicted molar refractivity (Wildman–Crippen MR) is 93.0 cm³/mol. The average molecular weight is 373 g/mol. The molecule has 0 bridgehead atoms. The van der Waals surface area contributed by atoms with Crippen LogP contribution >= 0.6 is 0 Å². The van der Waals surface area contributed by atoms with Gasteiger partial charge in [-0.3, -0.25) is 4.98 Å². The number of pyridine rings is 1. The summed E-state index contributed by atoms with van der Waals surface area (Å²) in [6.07, 6.45) is 2.32. The van der Waals surface area contributed by atoms with Gasteiger partial charge in [-0.25, -0.2) is 17.2 Å². The van der Waals surface area contributed by atoms with Gasteiger partial charge in [0.25, 0.3) is 0 Å². The molecule has 0 radical (unpaired) electrons. The summed E-state index contributed by atoms with van der Waals surface area (Å²) in [6.45, 7) is 0. The Morgan fingerprint density at radius 3 is 2.31 bits per heavy atom. The van der Waals surface area contributed by atoms with Gasteiger partial charge in [-0.2, -0.15) is 0 Å². The second kappa shape index (κ2) is 7.05. The normalized spacial score (nSPS) is 12.2. The molecule has 0 saturated heterocycles. The summed E-state index contributed by atoms with van der Waals surface area (Å²) < 4.78 is 51.5. The SMILES string of the molecule is O=S(=O)(c1ccccc1)c1ccc(/C=C(\O)c2ccc(F)cc2F)nc1. The van der Waals surface area contributed by atoms with Gasteiger partial charge in [-0.15, -0.1) is 0 Å². The molecular weight excluding hydrogens is 360 g/mol. The van der Waals surface area contributed by atoms with Crippen LogP contribution in [-0.2, 0) is 9.84 Å². The van der Waals surface area contributed by atoms with Crippen molar-refractivity contribution in [1.82, 2.24) is 4.98 Å². The molecule has 1 aromatic heterocycles. The quantitative estimate of drug-likeness (QED) is 0.695. The van der Waals surface area contributed by atoms with E-state index in [1.54, 1.807) is 18.2 Å². The van der Waals surface area contributed by atoms with Crippen LogP contribution in [0.25, 0.3) is 11.8 Å². The highest BCUT2D eigenvalue weighted by molar-refractivity contribution is 7.91. The first kappa shape index (κ1) is 17.8. The van der Waals surface area contributed by atoms with Crippen molar-refractivity contribution in [2.75, 3.05) is 0 Å². The molecule has 0 aliphatic heterocycles. The smallest absolute Gasteiger partial charge is 0.208 e. The van der Waals surface area contributed by atoms with Crippen LogP contribution in [0.5, 0.6) is 0 Å². The summed E-state index contributed by atoms with van der Waals surface area (Å²) in [5, 5.41) is 9.99. The van der Waals surface area contributed by atoms with Gasteiger partial charge in [0.05, 0.1) is 21.0 Å². The van der Waals surface area contributed by atoms with E-state index in [2.05, 4.69) is 4.98 Å². The van der Waals surface area contributed by atoms with E-state index in [1.807, 2.05) is 0 Å². The first-order valence-corrected chi connectivity index (χ1v) is 8.98. The molecule has 1 N–H and O–H groups in total. The van der Waals surface area contributed by atoms with Crippen LogP contribution in [0.15, 0.2) is 76.7 Å². The van der Waals surface area contributed by atoms with Crippen LogP contribution in [0.1, 0.15) is 11.3 Å². The minimum Gasteiger partial charge on any atom is -0.507 e. The summed E-state index contributed by atoms with van der Waals surface area (Å²) in [4.78, 5) is 4.11. The molecule has 0 aliphatic rings. The number of benzene rings is 2. The van der Waals surface area contributed by atoms with Crippen molar-refractivity contribution >= 4 is 21.7 Å². The molecule has 3 rings (SSSR count). The monoisotopic (exact) mass is 373 g/mol. The lowest BCUT2D eigenvalue weighted by atomic mass is 10.1. The molecule has 0 saturated carbocycles. The fourth-order valence-electron chi connectivity index (χ4n) is 2.29. The van der Waals surface area contributed by atoms with Crippen molar-refractivity contribution in [3.63, 3.8) is 0 Å². The number of halogens is 2. The Kier molecular flexibility index (Phi) is 4.81. The molecule has 0 unspecified atom stereocenters. The van der Waals surface area contributed by atoms with Gasteiger partial charge in [0, 0.05) is 18.3 Å². The van der Waals surface area contributed by atoms with Crippen molar-refractivity contribution < 1.29 is 22.3 Å². The number of sulfone groups is 1. The summed E-state index contributed by atoms with van der Waals surface area (Å²) in [5.41, 5.74) is 0.0346. The molecule has 0 atom stereocenters. The van der Waals surface area contributed by atoms with Crippen LogP contribution in [0.3, 0.4) is 0 Å². The van der Waals surface area contributed by atoms with Gasteiger partial charge in [0.15, 0.2) is 0 Å². The fraction of sp³-hybridized carbons (Fsp3) is 0. The van der Waals surface area contributed by atoms with Crippen molar-refractivity contribution in [3.05, 3.63) is 89.8 Å². The van der Waals surface area contributed by atoms with E-state index in [9.17, 15) is 22.3 Å². The maximum absolute atomic E-state index is 13.7. The average Bonchev–Trinajstić information content (AvgIpc) is 2.63. The molecule has 132 valence electrons. The zero-order chi connectivity index (χ0) is 18.7. The molecule has 3 aromatic rings. The first-order valence-electron chi connectivity index (χ1n) is 7.50. The number of aliphatic hydroxyl groups is 1. The Morgan fingerprint density at radius 1 is 0.962 bits per heavy atom. The largest absolute Gasteiger partial charge is 0.507 e. The number of nitrogens with zero attached hydrogens (tertiary/aromatic N) is 1. The second-order valence-electron chi connectivity index (χ2n) is 5.39. The van der Waals surface area contributed by atoms with Crippen LogP contribution in [-0.4, -0.2) is 18.5 Å². The molecule has 0 spiro atoms. The zero-order valence-corrected chi connectivity index (χ0v) is 14.1. The molecule has 26 heavy (non-hydrogen) atoms. The van der Waals surface area contributed by atoms with Gasteiger partial charge >= 0.3 is 0 Å². The van der Waals surface area contributed by atoms with Crippen LogP contribution in [0.4, 0.5) is 8.78 Å². The third kappa shape index (κ3) is 3.62. The third-order valence-electron chi connectivity index (χ3n) is 3.61. The van der Waals surface area contributed by atoms with E-state index < -0.39 is 27.2 Å². The fourth-order valence-corrected chi connectivity index (χ4v) is 3.51. The first-order chi connectivity index (χ1) is 12.4. The molecular formula is C19H13F2NO3S. The Hall–Kier alpha value is -3.06. The highest BCUT2D eigenvalue weighted by atomic mass is 32.2. The van der Waals surface area contributed by atoms with Crippen molar-refractivity contribution in [3.8, 4) is 0 Å². The van der Waals surface area contributed by atoms with E-state index in [0.29, 0.717) is 6.07 Å². The van der Waals surface area contributed by atoms with Gasteiger partial charge in [0.1, 0.15) is 17.4 Å². The van der Waals surface area contributed by atoms with Gasteiger partial charge in [-0.1, -0.05) is 18.2 Å². The lowest BCUT2D eigenvalue weighted by Crippen LogP contribution is -2.02. The minimum atomic E-state index is -3.70. The zero-order valence-electron chi connectivity index (χ0n) is 13.3. The topological polar surface area (TPSA) is 67.3 Å². The van der Waals surface area contributed by atoms with E-state index in [-0.39, 0.29) is 21.0 Å². The Balaban J connectivity index is 1.90. The standard InChI is InChI=1S/C19H13F2NO3S/c20-13-6-9-17(18(21)10-13)19(23)11-14-7-8-16(12-22-14)26(24,25)15-4-2-1-3-5-15/h1-12,23H/b19-11-. The van der Waals surface area contributed by atoms with E-state index in [0.717, 1.165) is 24.4 Å². The Bertz CT molecular complexity index is 1060. The van der Waals surface area contributed by atoms with E-state index in [1.165, 1.54) is 24.3 Å². The molecule has 0 fully saturated rings. The predicted octanol–water partition coefficient (Wildman–Crippen LogP) is 4.25. The minimum absolute atomic E-state index is 0.00620. The van der Waals surface area contributed by atoms with Gasteiger partial charge < -0.3 is 5.11 Å². The van der Waals surface area contributed by atoms with Crippen molar-refractivity contribution in [2.45, 2.75) is 9.79 Å². The molecule has 0 amide bonds. The molecule has 1 heterocycles. The van der Waals surface area contributed by atoms with E-state index >= 15 is 0 Å². The van der Waals surface area contributed by atoms with Crippen molar-refractivity contribution in [2.24, 2.45) is 0 Å². The maximum Gasteiger partial charge on any atom is 0.208 e. The molecule has 4 nitrogen and oxygen atoms in total. The summed E-state index contributed by atoms with van der Waals surface area (Å²) in [6, 6.07) is 13.4. The Morgan fingerprint density at radius 2 is 1.69 bits per heavy atom. The van der Waals surface area contributed by atoms with Crippen molar-refractivity contribution in [1.29, 1.82) is 0 Å². The number of hydrogen-bond acceptors (Lipinski definition) is 4. The van der Waals surface area contributed by atoms with Crippen LogP contribution < -0.4 is 0 Å². The Labute approximate surface area is 149 Å². The van der Waals surface area contributed by atoms with Gasteiger partial charge in [0.2, 0.25) is 9.84 Å². The van der Waals surface area contributed by atoms with E-state index in [4.69, 9.17) is 0 Å². The lowest BCUT2D eigenvalue weighted by molar-refractivity contribution is 0.503. The lowest BCUT2D eigenvalue weighted by Gasteiger charge is -2.05. The van der Waals surface area contributed by atoms with Gasteiger partial charge in [-0.05, 0) is 36.4 Å². The highest BCUT2D eigenvalue weighted by Gasteiger charge is 2.17. The second-order valence-corrected chi connectivity index (χ2v) is 7.34. The number of rotatable bonds is 4. The highest BCUT2D eigenvalue weighted by Crippen LogP contribution is 2.22. The number of hydrogen-bond donors (Lipinski definition) is 1. The van der Waals surface area contributed by atoms with Crippen LogP contribution in [0.2, 0.25) is 0 Å². The summed E-state index contributed by atoms with van der Waals surface area (Å²) in [5.74, 6) is -2.12. The number of aromatic nitrogens is 1. The maximum atomic E-state index is 13.7. The number of aliphatic hydroxyl groups excluding tert-OH is 1. The summed E-state index contributed by atoms with van der Waals surface area (Å²) >= 11 is 0. The molecule has 2 aromatic carbocycles. The molecule has 0 aliphatic carbocycles. The summed E-state index contributed by atoms with van der Waals surface area (Å²) in [7, 11) is -3.70. The third-order valence-corrected chi connectivity index (χ3v) is 5.37.